The normalized spacial score (nSPS) is 29.1. The second-order valence-electron chi connectivity index (χ2n) is 7.62. The van der Waals surface area contributed by atoms with Crippen molar-refractivity contribution < 1.29 is 4.79 Å². The molecule has 3 saturated heterocycles. The Morgan fingerprint density at radius 2 is 2.08 bits per heavy atom. The number of piperidine rings is 2. The van der Waals surface area contributed by atoms with Crippen LogP contribution in [0.5, 0.6) is 0 Å². The Bertz CT molecular complexity index is 460. The van der Waals surface area contributed by atoms with Gasteiger partial charge in [0.25, 0.3) is 0 Å². The quantitative estimate of drug-likeness (QED) is 0.595. The molecule has 0 bridgehead atoms. The van der Waals surface area contributed by atoms with E-state index in [1.54, 1.807) is 0 Å². The van der Waals surface area contributed by atoms with Crippen molar-refractivity contribution in [1.29, 1.82) is 0 Å². The molecule has 2 N–H and O–H groups in total. The molecule has 0 aromatic rings. The van der Waals surface area contributed by atoms with Crippen molar-refractivity contribution in [2.24, 2.45) is 10.4 Å². The van der Waals surface area contributed by atoms with Crippen LogP contribution in [0.4, 0.5) is 0 Å². The molecule has 3 heterocycles. The van der Waals surface area contributed by atoms with Gasteiger partial charge in [-0.3, -0.25) is 9.79 Å². The summed E-state index contributed by atoms with van der Waals surface area (Å²) in [6.07, 6.45) is 7.02. The topological polar surface area (TPSA) is 60.0 Å². The minimum absolute atomic E-state index is 0.123. The summed E-state index contributed by atoms with van der Waals surface area (Å²) < 4.78 is 0. The summed E-state index contributed by atoms with van der Waals surface area (Å²) in [7, 11) is 0. The third-order valence-corrected chi connectivity index (χ3v) is 5.62. The zero-order valence-corrected chi connectivity index (χ0v) is 15.1. The van der Waals surface area contributed by atoms with Gasteiger partial charge >= 0.3 is 0 Å². The second kappa shape index (κ2) is 8.19. The van der Waals surface area contributed by atoms with Crippen molar-refractivity contribution >= 4 is 11.9 Å². The van der Waals surface area contributed by atoms with Crippen LogP contribution in [-0.4, -0.2) is 74.0 Å². The molecule has 24 heavy (non-hydrogen) atoms. The van der Waals surface area contributed by atoms with Gasteiger partial charge in [-0.1, -0.05) is 6.42 Å². The number of rotatable bonds is 4. The van der Waals surface area contributed by atoms with Crippen LogP contribution in [-0.2, 0) is 4.79 Å². The highest BCUT2D eigenvalue weighted by Crippen LogP contribution is 2.35. The molecule has 1 spiro atoms. The number of nitrogens with one attached hydrogen (secondary N) is 2. The number of carbonyl (C=O) groups excluding carboxylic acids is 1. The maximum Gasteiger partial charge on any atom is 0.220 e. The first-order chi connectivity index (χ1) is 11.7. The first kappa shape index (κ1) is 17.5. The van der Waals surface area contributed by atoms with E-state index in [0.29, 0.717) is 6.42 Å². The monoisotopic (exact) mass is 335 g/mol. The highest BCUT2D eigenvalue weighted by molar-refractivity contribution is 5.81. The first-order valence-corrected chi connectivity index (χ1v) is 9.73. The Morgan fingerprint density at radius 1 is 1.25 bits per heavy atom. The molecule has 0 aliphatic carbocycles. The second-order valence-corrected chi connectivity index (χ2v) is 7.62. The summed E-state index contributed by atoms with van der Waals surface area (Å²) >= 11 is 0. The lowest BCUT2D eigenvalue weighted by Crippen LogP contribution is -2.51. The van der Waals surface area contributed by atoms with E-state index in [9.17, 15) is 4.79 Å². The highest BCUT2D eigenvalue weighted by Gasteiger charge is 2.42. The molecule has 0 aromatic heterocycles. The third kappa shape index (κ3) is 4.41. The van der Waals surface area contributed by atoms with Gasteiger partial charge in [0.2, 0.25) is 5.91 Å². The van der Waals surface area contributed by atoms with Gasteiger partial charge in [-0.15, -0.1) is 0 Å². The first-order valence-electron chi connectivity index (χ1n) is 9.73. The van der Waals surface area contributed by atoms with E-state index in [2.05, 4.69) is 27.4 Å². The van der Waals surface area contributed by atoms with E-state index >= 15 is 0 Å². The summed E-state index contributed by atoms with van der Waals surface area (Å²) in [5.74, 6) is 1.25. The van der Waals surface area contributed by atoms with Crippen LogP contribution in [0, 0.1) is 5.41 Å². The zero-order valence-electron chi connectivity index (χ0n) is 15.1. The van der Waals surface area contributed by atoms with Crippen LogP contribution in [0.2, 0.25) is 0 Å². The fraction of sp³-hybridized carbons (Fsp3) is 0.889. The van der Waals surface area contributed by atoms with Gasteiger partial charge in [-0.25, -0.2) is 0 Å². The lowest BCUT2D eigenvalue weighted by Gasteiger charge is -2.40. The maximum absolute atomic E-state index is 11.7. The van der Waals surface area contributed by atoms with Gasteiger partial charge in [0, 0.05) is 44.6 Å². The van der Waals surface area contributed by atoms with E-state index in [-0.39, 0.29) is 11.3 Å². The van der Waals surface area contributed by atoms with Crippen LogP contribution >= 0.6 is 0 Å². The van der Waals surface area contributed by atoms with E-state index in [4.69, 9.17) is 4.99 Å². The van der Waals surface area contributed by atoms with Crippen LogP contribution in [0.1, 0.15) is 45.4 Å². The molecule has 136 valence electrons. The van der Waals surface area contributed by atoms with E-state index in [1.165, 1.54) is 32.4 Å². The maximum atomic E-state index is 11.7. The SMILES string of the molecule is CCNC(=NCCN1CCCCC1)N1CCCC2(CNC(=O)C2)C1. The van der Waals surface area contributed by atoms with Gasteiger partial charge in [-0.2, -0.15) is 0 Å². The highest BCUT2D eigenvalue weighted by atomic mass is 16.1. The average molecular weight is 335 g/mol. The van der Waals surface area contributed by atoms with Crippen LogP contribution in [0.25, 0.3) is 0 Å². The van der Waals surface area contributed by atoms with Crippen molar-refractivity contribution in [3.63, 3.8) is 0 Å². The molecule has 0 radical (unpaired) electrons. The van der Waals surface area contributed by atoms with Gasteiger partial charge in [-0.05, 0) is 45.7 Å². The summed E-state index contributed by atoms with van der Waals surface area (Å²) in [4.78, 5) is 21.5. The summed E-state index contributed by atoms with van der Waals surface area (Å²) in [5.41, 5.74) is 0.123. The fourth-order valence-corrected chi connectivity index (χ4v) is 4.34. The fourth-order valence-electron chi connectivity index (χ4n) is 4.34. The Labute approximate surface area is 146 Å². The van der Waals surface area contributed by atoms with Crippen molar-refractivity contribution in [1.82, 2.24) is 20.4 Å². The number of guanidine groups is 1. The van der Waals surface area contributed by atoms with Crippen molar-refractivity contribution in [3.8, 4) is 0 Å². The third-order valence-electron chi connectivity index (χ3n) is 5.62. The van der Waals surface area contributed by atoms with Crippen LogP contribution in [0.15, 0.2) is 4.99 Å². The molecule has 6 heteroatoms. The lowest BCUT2D eigenvalue weighted by molar-refractivity contribution is -0.119. The molecule has 0 aromatic carbocycles. The minimum Gasteiger partial charge on any atom is -0.357 e. The number of hydrogen-bond acceptors (Lipinski definition) is 3. The largest absolute Gasteiger partial charge is 0.357 e. The number of carbonyl (C=O) groups is 1. The molecule has 1 atom stereocenters. The molecule has 3 aliphatic rings. The summed E-state index contributed by atoms with van der Waals surface area (Å²) in [5, 5.41) is 6.48. The number of nitrogens with zero attached hydrogens (tertiary/aromatic N) is 3. The molecule has 3 rings (SSSR count). The number of amides is 1. The van der Waals surface area contributed by atoms with E-state index in [1.807, 2.05) is 0 Å². The van der Waals surface area contributed by atoms with Crippen molar-refractivity contribution in [2.75, 3.05) is 52.4 Å². The zero-order chi connectivity index (χ0) is 16.8. The lowest BCUT2D eigenvalue weighted by atomic mass is 9.79. The molecule has 3 aliphatic heterocycles. The van der Waals surface area contributed by atoms with Gasteiger partial charge < -0.3 is 20.4 Å². The molecule has 1 amide bonds. The van der Waals surface area contributed by atoms with E-state index in [0.717, 1.165) is 58.1 Å². The predicted octanol–water partition coefficient (Wildman–Crippen LogP) is 1.04. The minimum atomic E-state index is 0.123. The van der Waals surface area contributed by atoms with E-state index < -0.39 is 0 Å². The van der Waals surface area contributed by atoms with Crippen LogP contribution < -0.4 is 10.6 Å². The van der Waals surface area contributed by atoms with Crippen LogP contribution in [0.3, 0.4) is 0 Å². The molecule has 3 fully saturated rings. The summed E-state index contributed by atoms with van der Waals surface area (Å²) in [6.45, 7) is 10.2. The summed E-state index contributed by atoms with van der Waals surface area (Å²) in [6, 6.07) is 0. The molecular weight excluding hydrogens is 302 g/mol. The Hall–Kier alpha value is -1.30. The van der Waals surface area contributed by atoms with Gasteiger partial charge in [0.1, 0.15) is 0 Å². The molecule has 0 saturated carbocycles. The van der Waals surface area contributed by atoms with Crippen molar-refractivity contribution in [2.45, 2.75) is 45.4 Å². The molecule has 6 nitrogen and oxygen atoms in total. The average Bonchev–Trinajstić information content (AvgIpc) is 2.95. The number of hydrogen-bond donors (Lipinski definition) is 2. The van der Waals surface area contributed by atoms with Gasteiger partial charge in [0.05, 0.1) is 6.54 Å². The molecule has 1 unspecified atom stereocenters. The predicted molar refractivity (Wildman–Crippen MR) is 97.1 cm³/mol. The Balaban J connectivity index is 1.57. The smallest absolute Gasteiger partial charge is 0.220 e. The molecular formula is C18H33N5O. The van der Waals surface area contributed by atoms with Gasteiger partial charge in [0.15, 0.2) is 5.96 Å². The number of likely N-dealkylation sites (tertiary alicyclic amines) is 2. The Kier molecular flexibility index (Phi) is 5.98. The number of aliphatic imine (C=N–C) groups is 1. The standard InChI is InChI=1S/C18H33N5O/c1-2-19-17(20-8-12-22-9-4-3-5-10-22)23-11-6-7-18(15-23)13-16(24)21-14-18/h2-15H2,1H3,(H,19,20)(H,21,24). The van der Waals surface area contributed by atoms with Crippen molar-refractivity contribution in [3.05, 3.63) is 0 Å². The Morgan fingerprint density at radius 3 is 2.79 bits per heavy atom.